The Morgan fingerprint density at radius 1 is 1.44 bits per heavy atom. The van der Waals surface area contributed by atoms with Gasteiger partial charge in [-0.05, 0) is 24.1 Å². The molecule has 0 saturated heterocycles. The maximum atomic E-state index is 11.9. The van der Waals surface area contributed by atoms with Crippen molar-refractivity contribution in [1.29, 1.82) is 0 Å². The Morgan fingerprint density at radius 3 is 2.67 bits per heavy atom. The Kier molecular flexibility index (Phi) is 5.15. The average Bonchev–Trinajstić information content (AvgIpc) is 2.27. The van der Waals surface area contributed by atoms with Crippen molar-refractivity contribution in [2.24, 2.45) is 0 Å². The van der Waals surface area contributed by atoms with Crippen LogP contribution in [0, 0.1) is 0 Å². The molecule has 0 saturated carbocycles. The summed E-state index contributed by atoms with van der Waals surface area (Å²) in [6.07, 6.45) is -5.80. The number of hydrogen-bond acceptors (Lipinski definition) is 2. The lowest BCUT2D eigenvalue weighted by Gasteiger charge is -2.12. The maximum Gasteiger partial charge on any atom is 0.471 e. The molecule has 1 unspecified atom stereocenters. The quantitative estimate of drug-likeness (QED) is 0.893. The molecule has 0 spiro atoms. The minimum atomic E-state index is -4.89. The van der Waals surface area contributed by atoms with Crippen molar-refractivity contribution >= 4 is 21.8 Å². The van der Waals surface area contributed by atoms with E-state index in [4.69, 9.17) is 0 Å². The minimum Gasteiger partial charge on any atom is -0.388 e. The zero-order valence-corrected chi connectivity index (χ0v) is 10.8. The molecular formula is C11H11BrF3NO2. The highest BCUT2D eigenvalue weighted by Crippen LogP contribution is 2.20. The number of carbonyl (C=O) groups excluding carboxylic acids is 1. The van der Waals surface area contributed by atoms with E-state index in [2.05, 4.69) is 15.9 Å². The van der Waals surface area contributed by atoms with Gasteiger partial charge in [0.05, 0.1) is 6.10 Å². The molecule has 1 rings (SSSR count). The van der Waals surface area contributed by atoms with Gasteiger partial charge in [0.25, 0.3) is 0 Å². The Bertz CT molecular complexity index is 423. The fraction of sp³-hybridized carbons (Fsp3) is 0.364. The van der Waals surface area contributed by atoms with Crippen molar-refractivity contribution in [2.75, 3.05) is 6.54 Å². The summed E-state index contributed by atoms with van der Waals surface area (Å²) in [5.41, 5.74) is 0.575. The standard InChI is InChI=1S/C11H11BrF3NO2/c12-8-3-1-2-7(6-8)9(17)4-5-16-10(18)11(13,14)15/h1-3,6,9,17H,4-5H2,(H,16,18). The highest BCUT2D eigenvalue weighted by atomic mass is 79.9. The van der Waals surface area contributed by atoms with Gasteiger partial charge in [-0.1, -0.05) is 28.1 Å². The van der Waals surface area contributed by atoms with Gasteiger partial charge >= 0.3 is 12.1 Å². The number of nitrogens with one attached hydrogen (secondary N) is 1. The van der Waals surface area contributed by atoms with Gasteiger partial charge in [-0.2, -0.15) is 13.2 Å². The lowest BCUT2D eigenvalue weighted by Crippen LogP contribution is -2.37. The third-order valence-electron chi connectivity index (χ3n) is 2.19. The summed E-state index contributed by atoms with van der Waals surface area (Å²) in [5.74, 6) is -2.00. The van der Waals surface area contributed by atoms with Crippen LogP contribution in [0.15, 0.2) is 28.7 Å². The summed E-state index contributed by atoms with van der Waals surface area (Å²) in [4.78, 5) is 10.5. The molecule has 1 atom stereocenters. The number of rotatable bonds is 4. The van der Waals surface area contributed by atoms with E-state index in [1.54, 1.807) is 29.6 Å². The second kappa shape index (κ2) is 6.19. The highest BCUT2D eigenvalue weighted by molar-refractivity contribution is 9.10. The minimum absolute atomic E-state index is 0.0122. The molecule has 18 heavy (non-hydrogen) atoms. The largest absolute Gasteiger partial charge is 0.471 e. The van der Waals surface area contributed by atoms with Crippen molar-refractivity contribution in [3.05, 3.63) is 34.3 Å². The first-order valence-electron chi connectivity index (χ1n) is 5.09. The Labute approximate surface area is 110 Å². The van der Waals surface area contributed by atoms with Gasteiger partial charge in [0.15, 0.2) is 0 Å². The van der Waals surface area contributed by atoms with E-state index < -0.39 is 18.2 Å². The van der Waals surface area contributed by atoms with Gasteiger partial charge in [-0.3, -0.25) is 4.79 Å². The van der Waals surface area contributed by atoms with Crippen molar-refractivity contribution in [2.45, 2.75) is 18.7 Å². The Hall–Kier alpha value is -1.08. The zero-order valence-electron chi connectivity index (χ0n) is 9.17. The molecule has 7 heteroatoms. The van der Waals surface area contributed by atoms with Gasteiger partial charge in [-0.15, -0.1) is 0 Å². The number of aliphatic hydroxyl groups is 1. The molecule has 0 aliphatic carbocycles. The zero-order chi connectivity index (χ0) is 13.8. The van der Waals surface area contributed by atoms with Gasteiger partial charge in [0.1, 0.15) is 0 Å². The summed E-state index contributed by atoms with van der Waals surface area (Å²) in [5, 5.41) is 11.4. The summed E-state index contributed by atoms with van der Waals surface area (Å²) in [6.45, 7) is -0.244. The van der Waals surface area contributed by atoms with Gasteiger partial charge in [0, 0.05) is 11.0 Å². The first kappa shape index (κ1) is 15.0. The van der Waals surface area contributed by atoms with E-state index in [0.717, 1.165) is 4.47 Å². The van der Waals surface area contributed by atoms with Crippen LogP contribution in [0.2, 0.25) is 0 Å². The van der Waals surface area contributed by atoms with E-state index in [1.807, 2.05) is 0 Å². The molecule has 0 aliphatic heterocycles. The molecule has 0 radical (unpaired) electrons. The lowest BCUT2D eigenvalue weighted by atomic mass is 10.1. The fourth-order valence-corrected chi connectivity index (χ4v) is 1.72. The van der Waals surface area contributed by atoms with Crippen LogP contribution in [0.1, 0.15) is 18.1 Å². The van der Waals surface area contributed by atoms with Crippen LogP contribution in [0.4, 0.5) is 13.2 Å². The number of carbonyl (C=O) groups is 1. The normalized spacial score (nSPS) is 13.2. The molecule has 0 fully saturated rings. The molecular weight excluding hydrogens is 315 g/mol. The number of benzene rings is 1. The topological polar surface area (TPSA) is 49.3 Å². The molecule has 2 N–H and O–H groups in total. The molecule has 0 aliphatic rings. The van der Waals surface area contributed by atoms with E-state index in [0.29, 0.717) is 5.56 Å². The molecule has 0 aromatic heterocycles. The smallest absolute Gasteiger partial charge is 0.388 e. The molecule has 0 heterocycles. The van der Waals surface area contributed by atoms with Crippen LogP contribution in [0.25, 0.3) is 0 Å². The lowest BCUT2D eigenvalue weighted by molar-refractivity contribution is -0.173. The number of aliphatic hydroxyl groups excluding tert-OH is 1. The first-order chi connectivity index (χ1) is 8.30. The molecule has 3 nitrogen and oxygen atoms in total. The van der Waals surface area contributed by atoms with E-state index in [1.165, 1.54) is 0 Å². The van der Waals surface area contributed by atoms with Crippen LogP contribution in [-0.4, -0.2) is 23.7 Å². The average molecular weight is 326 g/mol. The SMILES string of the molecule is O=C(NCCC(O)c1cccc(Br)c1)C(F)(F)F. The van der Waals surface area contributed by atoms with Crippen molar-refractivity contribution < 1.29 is 23.1 Å². The number of hydrogen-bond donors (Lipinski definition) is 2. The predicted octanol–water partition coefficient (Wildman–Crippen LogP) is 2.55. The molecule has 1 aromatic carbocycles. The fourth-order valence-electron chi connectivity index (χ4n) is 1.30. The monoisotopic (exact) mass is 325 g/mol. The van der Waals surface area contributed by atoms with Crippen molar-refractivity contribution in [3.63, 3.8) is 0 Å². The predicted molar refractivity (Wildman–Crippen MR) is 62.8 cm³/mol. The highest BCUT2D eigenvalue weighted by Gasteiger charge is 2.38. The number of amides is 1. The van der Waals surface area contributed by atoms with Crippen LogP contribution in [0.3, 0.4) is 0 Å². The second-order valence-corrected chi connectivity index (χ2v) is 4.53. The Morgan fingerprint density at radius 2 is 2.11 bits per heavy atom. The second-order valence-electron chi connectivity index (χ2n) is 3.61. The van der Waals surface area contributed by atoms with Crippen LogP contribution in [0.5, 0.6) is 0 Å². The molecule has 1 aromatic rings. The summed E-state index contributed by atoms with van der Waals surface area (Å²) in [6, 6.07) is 6.79. The van der Waals surface area contributed by atoms with E-state index >= 15 is 0 Å². The van der Waals surface area contributed by atoms with E-state index in [-0.39, 0.29) is 13.0 Å². The third-order valence-corrected chi connectivity index (χ3v) is 2.69. The number of alkyl halides is 3. The molecule has 0 bridgehead atoms. The van der Waals surface area contributed by atoms with Crippen molar-refractivity contribution in [1.82, 2.24) is 5.32 Å². The first-order valence-corrected chi connectivity index (χ1v) is 5.88. The Balaban J connectivity index is 2.43. The van der Waals surface area contributed by atoms with Gasteiger partial charge in [-0.25, -0.2) is 0 Å². The molecule has 1 amide bonds. The van der Waals surface area contributed by atoms with E-state index in [9.17, 15) is 23.1 Å². The van der Waals surface area contributed by atoms with Gasteiger partial charge in [0.2, 0.25) is 0 Å². The van der Waals surface area contributed by atoms with Crippen LogP contribution in [-0.2, 0) is 4.79 Å². The van der Waals surface area contributed by atoms with Crippen LogP contribution >= 0.6 is 15.9 Å². The summed E-state index contributed by atoms with van der Waals surface area (Å²) >= 11 is 3.22. The third kappa shape index (κ3) is 4.66. The summed E-state index contributed by atoms with van der Waals surface area (Å²) < 4.78 is 36.4. The summed E-state index contributed by atoms with van der Waals surface area (Å²) in [7, 11) is 0. The van der Waals surface area contributed by atoms with Crippen molar-refractivity contribution in [3.8, 4) is 0 Å². The van der Waals surface area contributed by atoms with Crippen LogP contribution < -0.4 is 5.32 Å². The maximum absolute atomic E-state index is 11.9. The number of halogens is 4. The van der Waals surface area contributed by atoms with Gasteiger partial charge < -0.3 is 10.4 Å². The molecule has 100 valence electrons.